The van der Waals surface area contributed by atoms with Crippen LogP contribution in [-0.4, -0.2) is 4.98 Å². The summed E-state index contributed by atoms with van der Waals surface area (Å²) in [4.78, 5) is 4.06. The molecular formula is C9H6NY-. The Labute approximate surface area is 90.7 Å². The fourth-order valence-corrected chi connectivity index (χ4v) is 0.964. The van der Waals surface area contributed by atoms with Gasteiger partial charge in [-0.25, -0.2) is 0 Å². The van der Waals surface area contributed by atoms with Gasteiger partial charge in [0.25, 0.3) is 0 Å². The Hall–Kier alpha value is -0.266. The maximum absolute atomic E-state index is 4.06. The minimum Gasteiger partial charge on any atom is -0.386 e. The van der Waals surface area contributed by atoms with Gasteiger partial charge in [-0.2, -0.15) is 12.1 Å². The van der Waals surface area contributed by atoms with E-state index in [1.54, 1.807) is 0 Å². The van der Waals surface area contributed by atoms with E-state index in [-0.39, 0.29) is 32.7 Å². The second-order valence-corrected chi connectivity index (χ2v) is 2.13. The zero-order chi connectivity index (χ0) is 6.81. The molecule has 1 nitrogen and oxygen atoms in total. The third-order valence-corrected chi connectivity index (χ3v) is 1.46. The van der Waals surface area contributed by atoms with Crippen LogP contribution in [-0.2, 0) is 32.7 Å². The van der Waals surface area contributed by atoms with Crippen LogP contribution < -0.4 is 0 Å². The van der Waals surface area contributed by atoms with Crippen molar-refractivity contribution >= 4 is 10.9 Å². The van der Waals surface area contributed by atoms with Gasteiger partial charge in [0.2, 0.25) is 0 Å². The van der Waals surface area contributed by atoms with Crippen molar-refractivity contribution in [2.75, 3.05) is 0 Å². The summed E-state index contributed by atoms with van der Waals surface area (Å²) in [5.41, 5.74) is 1.00. The summed E-state index contributed by atoms with van der Waals surface area (Å²) in [5, 5.41) is 1.17. The molecule has 0 aliphatic heterocycles. The summed E-state index contributed by atoms with van der Waals surface area (Å²) in [5.74, 6) is 0. The molecular weight excluding hydrogens is 211 g/mol. The SMILES string of the molecule is [Y].[c-]1ccc2ccccc2n1. The van der Waals surface area contributed by atoms with Crippen LogP contribution in [0.3, 0.4) is 0 Å². The van der Waals surface area contributed by atoms with Crippen LogP contribution in [0.15, 0.2) is 36.4 Å². The molecule has 0 fully saturated rings. The normalized spacial score (nSPS) is 9.09. The van der Waals surface area contributed by atoms with E-state index in [1.807, 2.05) is 36.4 Å². The molecule has 0 saturated carbocycles. The Kier molecular flexibility index (Phi) is 3.16. The topological polar surface area (TPSA) is 12.9 Å². The van der Waals surface area contributed by atoms with Gasteiger partial charge in [0.15, 0.2) is 0 Å². The van der Waals surface area contributed by atoms with Crippen LogP contribution in [0.1, 0.15) is 0 Å². The molecule has 2 rings (SSSR count). The van der Waals surface area contributed by atoms with Crippen LogP contribution >= 0.6 is 0 Å². The minimum atomic E-state index is 0. The van der Waals surface area contributed by atoms with Crippen molar-refractivity contribution in [2.24, 2.45) is 0 Å². The molecule has 0 amide bonds. The molecule has 51 valence electrons. The zero-order valence-electron chi connectivity index (χ0n) is 5.99. The van der Waals surface area contributed by atoms with Gasteiger partial charge in [0.05, 0.1) is 0 Å². The number of aromatic nitrogens is 1. The van der Waals surface area contributed by atoms with E-state index in [9.17, 15) is 0 Å². The molecule has 1 aromatic carbocycles. The number of hydrogen-bond acceptors (Lipinski definition) is 1. The van der Waals surface area contributed by atoms with Gasteiger partial charge in [-0.15, -0.1) is 5.39 Å². The van der Waals surface area contributed by atoms with Crippen molar-refractivity contribution in [3.05, 3.63) is 42.6 Å². The molecule has 0 N–H and O–H groups in total. The first kappa shape index (κ1) is 8.83. The van der Waals surface area contributed by atoms with Gasteiger partial charge < -0.3 is 4.98 Å². The Morgan fingerprint density at radius 2 is 1.91 bits per heavy atom. The maximum Gasteiger partial charge on any atom is 0 e. The predicted molar refractivity (Wildman–Crippen MR) is 40.6 cm³/mol. The molecule has 2 heteroatoms. The second-order valence-electron chi connectivity index (χ2n) is 2.13. The van der Waals surface area contributed by atoms with Crippen molar-refractivity contribution in [3.8, 4) is 0 Å². The average Bonchev–Trinajstić information content (AvgIpc) is 2.05. The largest absolute Gasteiger partial charge is 0.386 e. The van der Waals surface area contributed by atoms with Crippen LogP contribution in [0.4, 0.5) is 0 Å². The minimum absolute atomic E-state index is 0. The Bertz CT molecular complexity index is 281. The smallest absolute Gasteiger partial charge is 0 e. The molecule has 0 bridgehead atoms. The van der Waals surface area contributed by atoms with Gasteiger partial charge in [0, 0.05) is 32.7 Å². The number of rotatable bonds is 0. The fraction of sp³-hybridized carbons (Fsp3) is 0. The van der Waals surface area contributed by atoms with Crippen molar-refractivity contribution in [2.45, 2.75) is 0 Å². The first-order chi connectivity index (χ1) is 4.97. The fourth-order valence-electron chi connectivity index (χ4n) is 0.964. The number of hydrogen-bond donors (Lipinski definition) is 0. The third kappa shape index (κ3) is 1.85. The predicted octanol–water partition coefficient (Wildman–Crippen LogP) is 2.03. The average molecular weight is 217 g/mol. The Morgan fingerprint density at radius 1 is 1.09 bits per heavy atom. The van der Waals surface area contributed by atoms with E-state index in [0.717, 1.165) is 5.52 Å². The molecule has 1 heterocycles. The third-order valence-electron chi connectivity index (χ3n) is 1.46. The number of pyridine rings is 1. The van der Waals surface area contributed by atoms with E-state index < -0.39 is 0 Å². The number of benzene rings is 1. The molecule has 0 aliphatic carbocycles. The maximum atomic E-state index is 4.06. The molecule has 2 aromatic rings. The summed E-state index contributed by atoms with van der Waals surface area (Å²) in [6.07, 6.45) is 2.79. The molecule has 11 heavy (non-hydrogen) atoms. The van der Waals surface area contributed by atoms with Gasteiger partial charge in [-0.1, -0.05) is 30.5 Å². The molecule has 0 atom stereocenters. The molecule has 1 aromatic heterocycles. The molecule has 0 unspecified atom stereocenters. The van der Waals surface area contributed by atoms with E-state index in [1.165, 1.54) is 5.39 Å². The van der Waals surface area contributed by atoms with Crippen molar-refractivity contribution < 1.29 is 32.7 Å². The van der Waals surface area contributed by atoms with Gasteiger partial charge >= 0.3 is 0 Å². The van der Waals surface area contributed by atoms with E-state index in [4.69, 9.17) is 0 Å². The van der Waals surface area contributed by atoms with Crippen molar-refractivity contribution in [1.29, 1.82) is 0 Å². The first-order valence-corrected chi connectivity index (χ1v) is 3.19. The quantitative estimate of drug-likeness (QED) is 0.615. The van der Waals surface area contributed by atoms with Gasteiger partial charge in [-0.05, 0) is 5.52 Å². The molecule has 0 aliphatic rings. The van der Waals surface area contributed by atoms with Crippen molar-refractivity contribution in [3.63, 3.8) is 0 Å². The van der Waals surface area contributed by atoms with E-state index in [2.05, 4.69) is 11.2 Å². The summed E-state index contributed by atoms with van der Waals surface area (Å²) in [6, 6.07) is 11.8. The van der Waals surface area contributed by atoms with Crippen molar-refractivity contribution in [1.82, 2.24) is 4.98 Å². The number of para-hydroxylation sites is 1. The second kappa shape index (κ2) is 3.94. The molecule has 0 saturated heterocycles. The first-order valence-electron chi connectivity index (χ1n) is 3.19. The van der Waals surface area contributed by atoms with E-state index >= 15 is 0 Å². The van der Waals surface area contributed by atoms with Gasteiger partial charge in [-0.3, -0.25) is 0 Å². The zero-order valence-corrected chi connectivity index (χ0v) is 8.83. The van der Waals surface area contributed by atoms with E-state index in [0.29, 0.717) is 0 Å². The van der Waals surface area contributed by atoms with Crippen LogP contribution in [0.5, 0.6) is 0 Å². The Morgan fingerprint density at radius 3 is 2.73 bits per heavy atom. The van der Waals surface area contributed by atoms with Crippen LogP contribution in [0, 0.1) is 6.20 Å². The summed E-state index contributed by atoms with van der Waals surface area (Å²) >= 11 is 0. The standard InChI is InChI=1S/C9H6N.Y/c1-2-6-9-8(4-1)5-3-7-10-9;/h1-6H;/q-1;. The van der Waals surface area contributed by atoms with Gasteiger partial charge in [0.1, 0.15) is 0 Å². The Balaban J connectivity index is 0.000000605. The summed E-state index contributed by atoms with van der Waals surface area (Å²) in [7, 11) is 0. The summed E-state index contributed by atoms with van der Waals surface area (Å²) < 4.78 is 0. The number of fused-ring (bicyclic) bond motifs is 1. The van der Waals surface area contributed by atoms with Crippen LogP contribution in [0.2, 0.25) is 0 Å². The van der Waals surface area contributed by atoms with Crippen LogP contribution in [0.25, 0.3) is 10.9 Å². The molecule has 1 radical (unpaired) electrons. The monoisotopic (exact) mass is 217 g/mol. The summed E-state index contributed by atoms with van der Waals surface area (Å²) in [6.45, 7) is 0. The number of nitrogens with zero attached hydrogens (tertiary/aromatic N) is 1. The molecule has 0 spiro atoms.